The highest BCUT2D eigenvalue weighted by Gasteiger charge is 2.18. The maximum Gasteiger partial charge on any atom is 0.303 e. The van der Waals surface area contributed by atoms with Crippen molar-refractivity contribution in [3.63, 3.8) is 0 Å². The Bertz CT molecular complexity index is 612. The molecular weight excluding hydrogens is 408 g/mol. The summed E-state index contributed by atoms with van der Waals surface area (Å²) in [7, 11) is 0. The molecule has 0 radical (unpaired) electrons. The predicted molar refractivity (Wildman–Crippen MR) is 141 cm³/mol. The van der Waals surface area contributed by atoms with E-state index in [0.29, 0.717) is 5.75 Å². The summed E-state index contributed by atoms with van der Waals surface area (Å²) in [6, 6.07) is 4.07. The first-order valence-electron chi connectivity index (χ1n) is 14.1. The fourth-order valence-electron chi connectivity index (χ4n) is 4.92. The number of phenols is 1. The van der Waals surface area contributed by atoms with Crippen molar-refractivity contribution in [3.8, 4) is 5.75 Å². The van der Waals surface area contributed by atoms with Crippen LogP contribution in [0.4, 0.5) is 0 Å². The third-order valence-corrected chi connectivity index (χ3v) is 7.10. The number of carbonyl (C=O) groups is 1. The molecule has 0 fully saturated rings. The summed E-state index contributed by atoms with van der Waals surface area (Å²) in [5.74, 6) is -0.296. The minimum absolute atomic E-state index is 0.0423. The van der Waals surface area contributed by atoms with E-state index < -0.39 is 5.97 Å². The molecule has 0 aromatic heterocycles. The van der Waals surface area contributed by atoms with Crippen LogP contribution in [0, 0.1) is 0 Å². The molecule has 0 aliphatic rings. The lowest BCUT2D eigenvalue weighted by molar-refractivity contribution is -0.137. The maximum atomic E-state index is 11.5. The number of unbranched alkanes of at least 4 members (excludes halogenated alkanes) is 14. The largest absolute Gasteiger partial charge is 0.507 e. The zero-order valence-corrected chi connectivity index (χ0v) is 22.0. The van der Waals surface area contributed by atoms with E-state index in [2.05, 4.69) is 6.92 Å². The lowest BCUT2D eigenvalue weighted by Gasteiger charge is -2.19. The van der Waals surface area contributed by atoms with Gasteiger partial charge in [-0.3, -0.25) is 4.79 Å². The summed E-state index contributed by atoms with van der Waals surface area (Å²) in [6.45, 7) is 6.36. The van der Waals surface area contributed by atoms with Crippen molar-refractivity contribution in [2.24, 2.45) is 0 Å². The van der Waals surface area contributed by atoms with Crippen LogP contribution in [0.5, 0.6) is 5.75 Å². The van der Waals surface area contributed by atoms with Crippen LogP contribution in [0.1, 0.15) is 153 Å². The highest BCUT2D eigenvalue weighted by atomic mass is 16.4. The van der Waals surface area contributed by atoms with E-state index in [-0.39, 0.29) is 12.3 Å². The van der Waals surface area contributed by atoms with Gasteiger partial charge in [-0.15, -0.1) is 0 Å². The summed E-state index contributed by atoms with van der Waals surface area (Å²) in [6.07, 6.45) is 22.8. The lowest BCUT2D eigenvalue weighted by atomic mass is 9.87. The van der Waals surface area contributed by atoms with Crippen molar-refractivity contribution >= 4 is 5.97 Å². The van der Waals surface area contributed by atoms with Crippen molar-refractivity contribution in [2.75, 3.05) is 0 Å². The van der Waals surface area contributed by atoms with Gasteiger partial charge in [0.05, 0.1) is 6.42 Å². The average Bonchev–Trinajstić information content (AvgIpc) is 2.80. The maximum absolute atomic E-state index is 11.5. The Balaban J connectivity index is 2.23. The summed E-state index contributed by atoms with van der Waals surface area (Å²) in [5, 5.41) is 19.8. The second-order valence-electron chi connectivity index (χ2n) is 9.93. The van der Waals surface area contributed by atoms with Gasteiger partial charge in [0.2, 0.25) is 0 Å². The molecule has 1 atom stereocenters. The number of hydrogen-bond donors (Lipinski definition) is 2. The minimum Gasteiger partial charge on any atom is -0.507 e. The van der Waals surface area contributed by atoms with E-state index in [4.69, 9.17) is 0 Å². The fourth-order valence-corrected chi connectivity index (χ4v) is 4.92. The number of carboxylic acid groups (broad SMARTS) is 1. The molecule has 0 heterocycles. The third-order valence-electron chi connectivity index (χ3n) is 7.10. The Hall–Kier alpha value is -1.51. The molecule has 3 nitrogen and oxygen atoms in total. The molecule has 1 aromatic rings. The van der Waals surface area contributed by atoms with Crippen LogP contribution < -0.4 is 0 Å². The van der Waals surface area contributed by atoms with Gasteiger partial charge in [0.1, 0.15) is 5.75 Å². The lowest BCUT2D eigenvalue weighted by Crippen LogP contribution is -2.08. The van der Waals surface area contributed by atoms with Crippen molar-refractivity contribution < 1.29 is 15.0 Å². The molecule has 2 N–H and O–H groups in total. The Morgan fingerprint density at radius 2 is 1.09 bits per heavy atom. The first-order valence-corrected chi connectivity index (χ1v) is 14.1. The van der Waals surface area contributed by atoms with Crippen molar-refractivity contribution in [3.05, 3.63) is 28.8 Å². The zero-order valence-electron chi connectivity index (χ0n) is 22.0. The van der Waals surface area contributed by atoms with Gasteiger partial charge in [-0.1, -0.05) is 129 Å². The topological polar surface area (TPSA) is 57.5 Å². The average molecular weight is 461 g/mol. The Morgan fingerprint density at radius 3 is 1.45 bits per heavy atom. The van der Waals surface area contributed by atoms with Crippen molar-refractivity contribution in [2.45, 2.75) is 149 Å². The molecule has 190 valence electrons. The van der Waals surface area contributed by atoms with Gasteiger partial charge in [0, 0.05) is 0 Å². The second kappa shape index (κ2) is 18.9. The number of hydrogen-bond acceptors (Lipinski definition) is 2. The van der Waals surface area contributed by atoms with Crippen LogP contribution in [0.25, 0.3) is 0 Å². The van der Waals surface area contributed by atoms with Crippen molar-refractivity contribution in [1.29, 1.82) is 0 Å². The standard InChI is InChI=1S/C30H52O3/c1-4-7-8-9-10-11-12-13-14-15-16-17-18-19-20-21-27(24-29(31)32)28-22-25(5-2)30(33)26(6-3)23-28/h22-23,27,33H,4-21,24H2,1-3H3,(H,31,32). The van der Waals surface area contributed by atoms with E-state index in [0.717, 1.165) is 42.4 Å². The van der Waals surface area contributed by atoms with Gasteiger partial charge in [0.15, 0.2) is 0 Å². The van der Waals surface area contributed by atoms with Gasteiger partial charge < -0.3 is 10.2 Å². The normalized spacial score (nSPS) is 12.2. The Morgan fingerprint density at radius 1 is 0.697 bits per heavy atom. The van der Waals surface area contributed by atoms with Crippen LogP contribution in [0.3, 0.4) is 0 Å². The first-order chi connectivity index (χ1) is 16.0. The van der Waals surface area contributed by atoms with Gasteiger partial charge in [-0.05, 0) is 41.9 Å². The third kappa shape index (κ3) is 13.1. The Kier molecular flexibility index (Phi) is 16.9. The SMILES string of the molecule is CCCCCCCCCCCCCCCCCC(CC(=O)O)c1cc(CC)c(O)c(CC)c1. The molecule has 1 aromatic carbocycles. The van der Waals surface area contributed by atoms with Gasteiger partial charge in [-0.25, -0.2) is 0 Å². The molecule has 0 aliphatic heterocycles. The van der Waals surface area contributed by atoms with E-state index in [1.807, 2.05) is 26.0 Å². The molecule has 1 rings (SSSR count). The number of aliphatic carboxylic acids is 1. The van der Waals surface area contributed by atoms with Crippen LogP contribution in [0.15, 0.2) is 12.1 Å². The number of phenolic OH excluding ortho intramolecular Hbond substituents is 1. The summed E-state index contributed by atoms with van der Waals surface area (Å²) in [4.78, 5) is 11.5. The van der Waals surface area contributed by atoms with E-state index >= 15 is 0 Å². The summed E-state index contributed by atoms with van der Waals surface area (Å²) in [5.41, 5.74) is 2.97. The number of aryl methyl sites for hydroxylation is 2. The van der Waals surface area contributed by atoms with Gasteiger partial charge in [0.25, 0.3) is 0 Å². The highest BCUT2D eigenvalue weighted by molar-refractivity contribution is 5.68. The summed E-state index contributed by atoms with van der Waals surface area (Å²) >= 11 is 0. The monoisotopic (exact) mass is 460 g/mol. The van der Waals surface area contributed by atoms with Gasteiger partial charge in [-0.2, -0.15) is 0 Å². The molecule has 0 saturated heterocycles. The van der Waals surface area contributed by atoms with E-state index in [1.165, 1.54) is 89.9 Å². The molecule has 0 amide bonds. The minimum atomic E-state index is -0.731. The molecule has 0 saturated carbocycles. The quantitative estimate of drug-likeness (QED) is 0.180. The molecule has 3 heteroatoms. The smallest absolute Gasteiger partial charge is 0.303 e. The van der Waals surface area contributed by atoms with Crippen LogP contribution >= 0.6 is 0 Å². The van der Waals surface area contributed by atoms with Crippen LogP contribution in [0.2, 0.25) is 0 Å². The zero-order chi connectivity index (χ0) is 24.3. The second-order valence-corrected chi connectivity index (χ2v) is 9.93. The molecule has 0 aliphatic carbocycles. The van der Waals surface area contributed by atoms with E-state index in [9.17, 15) is 15.0 Å². The van der Waals surface area contributed by atoms with Crippen LogP contribution in [-0.4, -0.2) is 16.2 Å². The number of aromatic hydroxyl groups is 1. The number of rotatable bonds is 21. The molecule has 33 heavy (non-hydrogen) atoms. The molecule has 0 spiro atoms. The van der Waals surface area contributed by atoms with E-state index in [1.54, 1.807) is 0 Å². The predicted octanol–water partition coefficient (Wildman–Crippen LogP) is 9.34. The summed E-state index contributed by atoms with van der Waals surface area (Å²) < 4.78 is 0. The first kappa shape index (κ1) is 29.5. The molecule has 1 unspecified atom stereocenters. The number of benzene rings is 1. The van der Waals surface area contributed by atoms with Gasteiger partial charge >= 0.3 is 5.97 Å². The highest BCUT2D eigenvalue weighted by Crippen LogP contribution is 2.33. The fraction of sp³-hybridized carbons (Fsp3) is 0.767. The molecular formula is C30H52O3. The van der Waals surface area contributed by atoms with Crippen LogP contribution in [-0.2, 0) is 17.6 Å². The number of carboxylic acids is 1. The molecule has 0 bridgehead atoms. The van der Waals surface area contributed by atoms with Crippen molar-refractivity contribution in [1.82, 2.24) is 0 Å². The Labute approximate surface area is 204 Å².